The standard InChI is InChI=1S/C15H14F3N5O3S2/c1-4-26-12(25)9-6(2)8-10(24)19-7(20-11(8)28-9)5-27-14-22-21-13(23(14)3)15(16,17)18/h4-5H2,1-3H3,(H,19,20,24). The van der Waals surface area contributed by atoms with Gasteiger partial charge in [0.05, 0.1) is 17.7 Å². The number of aromatic amines is 1. The molecule has 0 atom stereocenters. The van der Waals surface area contributed by atoms with Crippen molar-refractivity contribution in [2.24, 2.45) is 7.05 Å². The number of rotatable bonds is 5. The molecule has 0 amide bonds. The highest BCUT2D eigenvalue weighted by atomic mass is 32.2. The molecule has 0 unspecified atom stereocenters. The van der Waals surface area contributed by atoms with Crippen molar-refractivity contribution in [3.05, 3.63) is 32.4 Å². The van der Waals surface area contributed by atoms with Crippen molar-refractivity contribution in [1.29, 1.82) is 0 Å². The molecule has 1 N–H and O–H groups in total. The Balaban J connectivity index is 1.88. The van der Waals surface area contributed by atoms with Crippen molar-refractivity contribution in [3.8, 4) is 0 Å². The van der Waals surface area contributed by atoms with Crippen LogP contribution in [-0.4, -0.2) is 37.3 Å². The number of H-pyrrole nitrogens is 1. The van der Waals surface area contributed by atoms with Crippen LogP contribution in [0, 0.1) is 6.92 Å². The fourth-order valence-corrected chi connectivity index (χ4v) is 4.34. The fourth-order valence-electron chi connectivity index (χ4n) is 2.47. The molecule has 0 saturated carbocycles. The summed E-state index contributed by atoms with van der Waals surface area (Å²) in [5.41, 5.74) is 0.0494. The third-order valence-corrected chi connectivity index (χ3v) is 5.93. The maximum Gasteiger partial charge on any atom is 0.451 e. The molecule has 3 heterocycles. The van der Waals surface area contributed by atoms with Gasteiger partial charge in [0.15, 0.2) is 5.16 Å². The van der Waals surface area contributed by atoms with Gasteiger partial charge in [-0.05, 0) is 19.4 Å². The average Bonchev–Trinajstić information content (AvgIpc) is 3.13. The van der Waals surface area contributed by atoms with E-state index in [2.05, 4.69) is 20.2 Å². The maximum absolute atomic E-state index is 12.8. The Morgan fingerprint density at radius 2 is 2.07 bits per heavy atom. The van der Waals surface area contributed by atoms with E-state index in [4.69, 9.17) is 4.74 Å². The van der Waals surface area contributed by atoms with E-state index in [1.54, 1.807) is 13.8 Å². The number of esters is 1. The van der Waals surface area contributed by atoms with Crippen LogP contribution < -0.4 is 5.56 Å². The van der Waals surface area contributed by atoms with Crippen LogP contribution in [0.25, 0.3) is 10.2 Å². The molecule has 0 aromatic carbocycles. The van der Waals surface area contributed by atoms with Crippen LogP contribution in [-0.2, 0) is 23.7 Å². The lowest BCUT2D eigenvalue weighted by molar-refractivity contribution is -0.147. The number of ether oxygens (including phenoxy) is 1. The summed E-state index contributed by atoms with van der Waals surface area (Å²) in [6, 6.07) is 0. The number of carbonyl (C=O) groups is 1. The zero-order valence-corrected chi connectivity index (χ0v) is 16.5. The van der Waals surface area contributed by atoms with Gasteiger partial charge in [0.1, 0.15) is 15.5 Å². The quantitative estimate of drug-likeness (QED) is 0.487. The second-order valence-corrected chi connectivity index (χ2v) is 7.56. The Labute approximate surface area is 164 Å². The number of aromatic nitrogens is 5. The maximum atomic E-state index is 12.8. The first-order valence-electron chi connectivity index (χ1n) is 7.92. The lowest BCUT2D eigenvalue weighted by atomic mass is 10.2. The largest absolute Gasteiger partial charge is 0.462 e. The Kier molecular flexibility index (Phi) is 5.48. The fraction of sp³-hybridized carbons (Fsp3) is 0.400. The highest BCUT2D eigenvalue weighted by molar-refractivity contribution is 7.98. The number of hydrogen-bond donors (Lipinski definition) is 1. The molecule has 0 aliphatic rings. The summed E-state index contributed by atoms with van der Waals surface area (Å²) < 4.78 is 44.2. The second-order valence-electron chi connectivity index (χ2n) is 5.62. The van der Waals surface area contributed by atoms with E-state index in [0.29, 0.717) is 20.7 Å². The monoisotopic (exact) mass is 433 g/mol. The molecule has 0 radical (unpaired) electrons. The first-order valence-corrected chi connectivity index (χ1v) is 9.72. The van der Waals surface area contributed by atoms with E-state index in [1.165, 1.54) is 7.05 Å². The van der Waals surface area contributed by atoms with Crippen molar-refractivity contribution in [2.75, 3.05) is 6.61 Å². The van der Waals surface area contributed by atoms with E-state index in [1.807, 2.05) is 0 Å². The minimum Gasteiger partial charge on any atom is -0.462 e. The van der Waals surface area contributed by atoms with Gasteiger partial charge >= 0.3 is 12.1 Å². The molecule has 8 nitrogen and oxygen atoms in total. The molecule has 0 fully saturated rings. The van der Waals surface area contributed by atoms with Gasteiger partial charge in [-0.25, -0.2) is 9.78 Å². The molecule has 150 valence electrons. The zero-order chi connectivity index (χ0) is 20.6. The van der Waals surface area contributed by atoms with Crippen LogP contribution in [0.4, 0.5) is 13.2 Å². The number of aryl methyl sites for hydroxylation is 1. The van der Waals surface area contributed by atoms with E-state index < -0.39 is 23.5 Å². The SMILES string of the molecule is CCOC(=O)c1sc2nc(CSc3nnc(C(F)(F)F)n3C)[nH]c(=O)c2c1C. The summed E-state index contributed by atoms with van der Waals surface area (Å²) in [5.74, 6) is -1.33. The zero-order valence-electron chi connectivity index (χ0n) is 14.9. The van der Waals surface area contributed by atoms with Crippen LogP contribution in [0.2, 0.25) is 0 Å². The average molecular weight is 433 g/mol. The molecular formula is C15H14F3N5O3S2. The Hall–Kier alpha value is -2.41. The molecule has 0 aliphatic heterocycles. The normalized spacial score (nSPS) is 11.9. The first-order chi connectivity index (χ1) is 13.1. The number of halogens is 3. The van der Waals surface area contributed by atoms with Crippen molar-refractivity contribution in [3.63, 3.8) is 0 Å². The second kappa shape index (κ2) is 7.54. The van der Waals surface area contributed by atoms with Crippen molar-refractivity contribution in [1.82, 2.24) is 24.7 Å². The predicted octanol–water partition coefficient (Wildman–Crippen LogP) is 2.91. The van der Waals surface area contributed by atoms with Crippen LogP contribution >= 0.6 is 23.1 Å². The first kappa shape index (κ1) is 20.3. The predicted molar refractivity (Wildman–Crippen MR) is 96.5 cm³/mol. The molecule has 0 aliphatic carbocycles. The van der Waals surface area contributed by atoms with Gasteiger partial charge in [-0.2, -0.15) is 13.2 Å². The van der Waals surface area contributed by atoms with E-state index in [9.17, 15) is 22.8 Å². The topological polar surface area (TPSA) is 103 Å². The number of carbonyl (C=O) groups excluding carboxylic acids is 1. The number of fused-ring (bicyclic) bond motifs is 1. The Morgan fingerprint density at radius 1 is 1.36 bits per heavy atom. The highest BCUT2D eigenvalue weighted by Crippen LogP contribution is 2.31. The molecule has 13 heteroatoms. The lowest BCUT2D eigenvalue weighted by Crippen LogP contribution is -2.13. The summed E-state index contributed by atoms with van der Waals surface area (Å²) in [6.07, 6.45) is -4.61. The minimum atomic E-state index is -4.61. The number of thioether (sulfide) groups is 1. The number of nitrogens with one attached hydrogen (secondary N) is 1. The summed E-state index contributed by atoms with van der Waals surface area (Å²) in [6.45, 7) is 3.52. The van der Waals surface area contributed by atoms with Crippen molar-refractivity contribution in [2.45, 2.75) is 30.9 Å². The number of hydrogen-bond acceptors (Lipinski definition) is 8. The van der Waals surface area contributed by atoms with Gasteiger partial charge in [-0.3, -0.25) is 4.79 Å². The highest BCUT2D eigenvalue weighted by Gasteiger charge is 2.37. The van der Waals surface area contributed by atoms with Crippen molar-refractivity contribution < 1.29 is 22.7 Å². The van der Waals surface area contributed by atoms with Crippen LogP contribution in [0.5, 0.6) is 0 Å². The lowest BCUT2D eigenvalue weighted by Gasteiger charge is -2.06. The van der Waals surface area contributed by atoms with Gasteiger partial charge in [0.25, 0.3) is 5.56 Å². The molecular weight excluding hydrogens is 419 g/mol. The van der Waals surface area contributed by atoms with Crippen LogP contribution in [0.15, 0.2) is 9.95 Å². The van der Waals surface area contributed by atoms with Gasteiger partial charge in [0, 0.05) is 7.05 Å². The Morgan fingerprint density at radius 3 is 2.68 bits per heavy atom. The van der Waals surface area contributed by atoms with E-state index in [-0.39, 0.29) is 23.3 Å². The Bertz CT molecular complexity index is 1100. The molecule has 28 heavy (non-hydrogen) atoms. The van der Waals surface area contributed by atoms with Gasteiger partial charge in [0.2, 0.25) is 5.82 Å². The minimum absolute atomic E-state index is 0.0321. The third kappa shape index (κ3) is 3.76. The van der Waals surface area contributed by atoms with E-state index >= 15 is 0 Å². The number of alkyl halides is 3. The molecule has 0 saturated heterocycles. The van der Waals surface area contributed by atoms with Crippen LogP contribution in [0.1, 0.15) is 33.8 Å². The molecule has 3 aromatic heterocycles. The summed E-state index contributed by atoms with van der Waals surface area (Å²) >= 11 is 1.99. The van der Waals surface area contributed by atoms with Crippen LogP contribution in [0.3, 0.4) is 0 Å². The molecule has 3 rings (SSSR count). The number of thiophene rings is 1. The number of nitrogens with zero attached hydrogens (tertiary/aromatic N) is 4. The van der Waals surface area contributed by atoms with E-state index in [0.717, 1.165) is 27.7 Å². The molecule has 0 spiro atoms. The van der Waals surface area contributed by atoms with Crippen molar-refractivity contribution >= 4 is 39.3 Å². The third-order valence-electron chi connectivity index (χ3n) is 3.74. The molecule has 0 bridgehead atoms. The smallest absolute Gasteiger partial charge is 0.451 e. The summed E-state index contributed by atoms with van der Waals surface area (Å²) in [4.78, 5) is 31.9. The van der Waals surface area contributed by atoms with Gasteiger partial charge in [-0.1, -0.05) is 11.8 Å². The summed E-state index contributed by atoms with van der Waals surface area (Å²) in [7, 11) is 1.21. The summed E-state index contributed by atoms with van der Waals surface area (Å²) in [5, 5.41) is 6.99. The van der Waals surface area contributed by atoms with Gasteiger partial charge < -0.3 is 14.3 Å². The van der Waals surface area contributed by atoms with Gasteiger partial charge in [-0.15, -0.1) is 21.5 Å². The molecule has 3 aromatic rings.